The summed E-state index contributed by atoms with van der Waals surface area (Å²) in [6.07, 6.45) is -0.610. The fourth-order valence-corrected chi connectivity index (χ4v) is 2.83. The van der Waals surface area contributed by atoms with Crippen LogP contribution in [-0.4, -0.2) is 25.2 Å². The highest BCUT2D eigenvalue weighted by Crippen LogP contribution is 2.30. The van der Waals surface area contributed by atoms with E-state index in [4.69, 9.17) is 0 Å². The molecule has 2 aromatic carbocycles. The van der Waals surface area contributed by atoms with Crippen LogP contribution in [0.2, 0.25) is 0 Å². The highest BCUT2D eigenvalue weighted by Gasteiger charge is 2.29. The second-order valence-corrected chi connectivity index (χ2v) is 6.14. The molecule has 0 saturated heterocycles. The van der Waals surface area contributed by atoms with Gasteiger partial charge in [-0.1, -0.05) is 36.4 Å². The number of hydrogen-bond acceptors (Lipinski definition) is 4. The van der Waals surface area contributed by atoms with Crippen LogP contribution in [0.25, 0.3) is 17.1 Å². The molecule has 0 bridgehead atoms. The molecule has 140 valence electrons. The molecule has 0 atom stereocenters. The Hall–Kier alpha value is -3.55. The van der Waals surface area contributed by atoms with Crippen molar-refractivity contribution in [1.29, 1.82) is 0 Å². The Balaban J connectivity index is 1.62. The van der Waals surface area contributed by atoms with E-state index in [1.807, 2.05) is 30.3 Å². The van der Waals surface area contributed by atoms with Crippen molar-refractivity contribution in [3.8, 4) is 17.1 Å². The van der Waals surface area contributed by atoms with Gasteiger partial charge in [-0.05, 0) is 47.0 Å². The lowest BCUT2D eigenvalue weighted by molar-refractivity contribution is -0.137. The standard InChI is InChI=1S/C20H14F3N5/c21-20(22,23)16-9-7-14(8-10-16)12-15-4-1-2-6-18(15)19-25-27-28(26-19)17-5-3-11-24-13-17/h1-11,13H,12H2. The monoisotopic (exact) mass is 381 g/mol. The third-order valence-electron chi connectivity index (χ3n) is 4.22. The van der Waals surface area contributed by atoms with Crippen molar-refractivity contribution in [3.05, 3.63) is 89.7 Å². The summed E-state index contributed by atoms with van der Waals surface area (Å²) in [5, 5.41) is 12.6. The smallest absolute Gasteiger partial charge is 0.262 e. The van der Waals surface area contributed by atoms with Gasteiger partial charge in [0.05, 0.1) is 11.8 Å². The summed E-state index contributed by atoms with van der Waals surface area (Å²) in [7, 11) is 0. The maximum Gasteiger partial charge on any atom is 0.416 e. The van der Waals surface area contributed by atoms with E-state index in [0.29, 0.717) is 17.9 Å². The van der Waals surface area contributed by atoms with Gasteiger partial charge in [0.1, 0.15) is 5.69 Å². The summed E-state index contributed by atoms with van der Waals surface area (Å²) in [5.41, 5.74) is 2.46. The molecule has 0 aliphatic heterocycles. The number of rotatable bonds is 4. The van der Waals surface area contributed by atoms with Crippen molar-refractivity contribution in [2.45, 2.75) is 12.6 Å². The Labute approximate surface area is 158 Å². The molecule has 0 aliphatic carbocycles. The summed E-state index contributed by atoms with van der Waals surface area (Å²) in [6.45, 7) is 0. The van der Waals surface area contributed by atoms with Crippen LogP contribution in [-0.2, 0) is 12.6 Å². The first kappa shape index (κ1) is 17.8. The fraction of sp³-hybridized carbons (Fsp3) is 0.100. The first-order valence-electron chi connectivity index (χ1n) is 8.45. The van der Waals surface area contributed by atoms with Crippen molar-refractivity contribution in [1.82, 2.24) is 25.2 Å². The molecular formula is C20H14F3N5. The van der Waals surface area contributed by atoms with Gasteiger partial charge < -0.3 is 0 Å². The number of aromatic nitrogens is 5. The number of halogens is 3. The average molecular weight is 381 g/mol. The predicted octanol–water partition coefficient (Wildman–Crippen LogP) is 4.33. The zero-order chi connectivity index (χ0) is 19.6. The lowest BCUT2D eigenvalue weighted by Gasteiger charge is -2.09. The van der Waals surface area contributed by atoms with Crippen molar-refractivity contribution >= 4 is 0 Å². The quantitative estimate of drug-likeness (QED) is 0.528. The Morgan fingerprint density at radius 1 is 0.893 bits per heavy atom. The van der Waals surface area contributed by atoms with Gasteiger partial charge in [-0.15, -0.1) is 15.0 Å². The highest BCUT2D eigenvalue weighted by atomic mass is 19.4. The fourth-order valence-electron chi connectivity index (χ4n) is 2.83. The van der Waals surface area contributed by atoms with Gasteiger partial charge in [0, 0.05) is 11.8 Å². The van der Waals surface area contributed by atoms with Crippen LogP contribution in [0.1, 0.15) is 16.7 Å². The second-order valence-electron chi connectivity index (χ2n) is 6.14. The van der Waals surface area contributed by atoms with E-state index in [9.17, 15) is 13.2 Å². The third kappa shape index (κ3) is 3.75. The number of hydrogen-bond donors (Lipinski definition) is 0. The Morgan fingerprint density at radius 3 is 2.39 bits per heavy atom. The molecular weight excluding hydrogens is 367 g/mol. The van der Waals surface area contributed by atoms with Crippen LogP contribution in [0.4, 0.5) is 13.2 Å². The van der Waals surface area contributed by atoms with Crippen molar-refractivity contribution in [2.75, 3.05) is 0 Å². The van der Waals surface area contributed by atoms with Gasteiger partial charge in [0.25, 0.3) is 0 Å². The molecule has 0 amide bonds. The zero-order valence-electron chi connectivity index (χ0n) is 14.5. The topological polar surface area (TPSA) is 56.5 Å². The van der Waals surface area contributed by atoms with Crippen LogP contribution in [0.5, 0.6) is 0 Å². The van der Waals surface area contributed by atoms with Gasteiger partial charge >= 0.3 is 6.18 Å². The average Bonchev–Trinajstić information content (AvgIpc) is 3.19. The molecule has 0 N–H and O–H groups in total. The maximum atomic E-state index is 12.7. The van der Waals surface area contributed by atoms with Crippen LogP contribution in [0, 0.1) is 0 Å². The third-order valence-corrected chi connectivity index (χ3v) is 4.22. The van der Waals surface area contributed by atoms with Crippen molar-refractivity contribution in [3.63, 3.8) is 0 Å². The highest BCUT2D eigenvalue weighted by molar-refractivity contribution is 5.60. The normalized spacial score (nSPS) is 11.5. The molecule has 4 rings (SSSR count). The van der Waals surface area contributed by atoms with E-state index in [-0.39, 0.29) is 0 Å². The number of tetrazole rings is 1. The Bertz CT molecular complexity index is 1070. The largest absolute Gasteiger partial charge is 0.416 e. The lowest BCUT2D eigenvalue weighted by atomic mass is 9.98. The molecule has 8 heteroatoms. The van der Waals surface area contributed by atoms with Crippen LogP contribution in [0.15, 0.2) is 73.1 Å². The maximum absolute atomic E-state index is 12.7. The van der Waals surface area contributed by atoms with E-state index >= 15 is 0 Å². The van der Waals surface area contributed by atoms with Crippen LogP contribution in [0.3, 0.4) is 0 Å². The molecule has 2 heterocycles. The molecule has 0 saturated carbocycles. The van der Waals surface area contributed by atoms with Gasteiger partial charge in [-0.3, -0.25) is 4.98 Å². The summed E-state index contributed by atoms with van der Waals surface area (Å²) < 4.78 is 38.2. The SMILES string of the molecule is FC(F)(F)c1ccc(Cc2ccccc2-c2nnn(-c3cccnc3)n2)cc1. The molecule has 0 spiro atoms. The minimum atomic E-state index is -4.34. The van der Waals surface area contributed by atoms with Crippen molar-refractivity contribution in [2.24, 2.45) is 0 Å². The first-order valence-corrected chi connectivity index (χ1v) is 8.45. The molecule has 5 nitrogen and oxygen atoms in total. The van der Waals surface area contributed by atoms with E-state index in [2.05, 4.69) is 20.4 Å². The summed E-state index contributed by atoms with van der Waals surface area (Å²) in [5.74, 6) is 0.436. The van der Waals surface area contributed by atoms with Gasteiger partial charge in [0.15, 0.2) is 0 Å². The number of pyridine rings is 1. The Kier molecular flexibility index (Phi) is 4.60. The predicted molar refractivity (Wildman–Crippen MR) is 96.6 cm³/mol. The molecule has 0 aliphatic rings. The van der Waals surface area contributed by atoms with E-state index in [1.165, 1.54) is 16.9 Å². The van der Waals surface area contributed by atoms with Crippen molar-refractivity contribution < 1.29 is 13.2 Å². The first-order chi connectivity index (χ1) is 13.5. The summed E-state index contributed by atoms with van der Waals surface area (Å²) in [6, 6.07) is 16.2. The minimum absolute atomic E-state index is 0.436. The molecule has 4 aromatic rings. The number of alkyl halides is 3. The lowest BCUT2D eigenvalue weighted by Crippen LogP contribution is -2.04. The molecule has 28 heavy (non-hydrogen) atoms. The Morgan fingerprint density at radius 2 is 1.68 bits per heavy atom. The van der Waals surface area contributed by atoms with E-state index in [1.54, 1.807) is 18.5 Å². The van der Waals surface area contributed by atoms with E-state index in [0.717, 1.165) is 28.8 Å². The minimum Gasteiger partial charge on any atom is -0.262 e. The van der Waals surface area contributed by atoms with Crippen LogP contribution >= 0.6 is 0 Å². The van der Waals surface area contributed by atoms with Gasteiger partial charge in [0.2, 0.25) is 5.82 Å². The number of benzene rings is 2. The summed E-state index contributed by atoms with van der Waals surface area (Å²) in [4.78, 5) is 5.42. The van der Waals surface area contributed by atoms with E-state index < -0.39 is 11.7 Å². The van der Waals surface area contributed by atoms with Crippen LogP contribution < -0.4 is 0 Å². The molecule has 2 aromatic heterocycles. The molecule has 0 fully saturated rings. The molecule has 0 unspecified atom stereocenters. The molecule has 0 radical (unpaired) electrons. The summed E-state index contributed by atoms with van der Waals surface area (Å²) >= 11 is 0. The number of nitrogens with zero attached hydrogens (tertiary/aromatic N) is 5. The van der Waals surface area contributed by atoms with Gasteiger partial charge in [-0.25, -0.2) is 0 Å². The zero-order valence-corrected chi connectivity index (χ0v) is 14.5. The second kappa shape index (κ2) is 7.22. The van der Waals surface area contributed by atoms with Gasteiger partial charge in [-0.2, -0.15) is 13.2 Å².